The van der Waals surface area contributed by atoms with E-state index in [9.17, 15) is 4.79 Å². The van der Waals surface area contributed by atoms with Crippen molar-refractivity contribution >= 4 is 5.97 Å². The van der Waals surface area contributed by atoms with Gasteiger partial charge < -0.3 is 9.47 Å². The molecule has 1 aromatic heterocycles. The Morgan fingerprint density at radius 1 is 1.11 bits per heavy atom. The van der Waals surface area contributed by atoms with Crippen LogP contribution in [-0.4, -0.2) is 24.2 Å². The molecule has 0 bridgehead atoms. The summed E-state index contributed by atoms with van der Waals surface area (Å²) in [4.78, 5) is 14.6. The standard InChI is InChI=1S/C14H21NO3/c1-13(16)17-11-7-3-2-4-8-12-18-14-9-5-6-10-15-14/h5-6,9-10H,2-4,7-8,11-12H2,1H3. The molecule has 100 valence electrons. The van der Waals surface area contributed by atoms with Gasteiger partial charge in [0.1, 0.15) is 0 Å². The SMILES string of the molecule is CC(=O)OCCCCCCCOc1ccccn1. The first-order chi connectivity index (χ1) is 8.79. The summed E-state index contributed by atoms with van der Waals surface area (Å²) in [7, 11) is 0. The normalized spacial score (nSPS) is 10.1. The van der Waals surface area contributed by atoms with Crippen LogP contribution in [0.4, 0.5) is 0 Å². The molecule has 0 unspecified atom stereocenters. The number of ether oxygens (including phenoxy) is 2. The second kappa shape index (κ2) is 9.45. The molecule has 0 N–H and O–H groups in total. The molecule has 0 amide bonds. The predicted octanol–water partition coefficient (Wildman–Crippen LogP) is 2.97. The maximum absolute atomic E-state index is 10.5. The van der Waals surface area contributed by atoms with Gasteiger partial charge in [-0.3, -0.25) is 4.79 Å². The fraction of sp³-hybridized carbons (Fsp3) is 0.571. The molecule has 0 aliphatic rings. The zero-order valence-electron chi connectivity index (χ0n) is 10.9. The van der Waals surface area contributed by atoms with E-state index in [0.29, 0.717) is 19.1 Å². The Bertz CT molecular complexity index is 327. The van der Waals surface area contributed by atoms with E-state index in [1.807, 2.05) is 18.2 Å². The van der Waals surface area contributed by atoms with E-state index < -0.39 is 0 Å². The van der Waals surface area contributed by atoms with Gasteiger partial charge >= 0.3 is 5.97 Å². The van der Waals surface area contributed by atoms with Crippen LogP contribution >= 0.6 is 0 Å². The fourth-order valence-corrected chi connectivity index (χ4v) is 1.56. The number of nitrogens with zero attached hydrogens (tertiary/aromatic N) is 1. The van der Waals surface area contributed by atoms with Crippen molar-refractivity contribution < 1.29 is 14.3 Å². The van der Waals surface area contributed by atoms with E-state index in [2.05, 4.69) is 4.98 Å². The summed E-state index contributed by atoms with van der Waals surface area (Å²) in [6.45, 7) is 2.69. The first kappa shape index (κ1) is 14.5. The van der Waals surface area contributed by atoms with Crippen LogP contribution < -0.4 is 4.74 Å². The second-order valence-corrected chi connectivity index (χ2v) is 4.12. The maximum Gasteiger partial charge on any atom is 0.302 e. The maximum atomic E-state index is 10.5. The van der Waals surface area contributed by atoms with E-state index in [1.54, 1.807) is 6.20 Å². The number of hydrogen-bond donors (Lipinski definition) is 0. The summed E-state index contributed by atoms with van der Waals surface area (Å²) in [5.74, 6) is 0.492. The van der Waals surface area contributed by atoms with Crippen LogP contribution in [0.3, 0.4) is 0 Å². The van der Waals surface area contributed by atoms with Gasteiger partial charge in [-0.15, -0.1) is 0 Å². The molecular weight excluding hydrogens is 230 g/mol. The van der Waals surface area contributed by atoms with Gasteiger partial charge in [0.25, 0.3) is 0 Å². The molecule has 0 atom stereocenters. The molecule has 4 nitrogen and oxygen atoms in total. The molecule has 0 radical (unpaired) electrons. The van der Waals surface area contributed by atoms with E-state index in [-0.39, 0.29) is 5.97 Å². The van der Waals surface area contributed by atoms with Crippen LogP contribution in [0.15, 0.2) is 24.4 Å². The molecule has 0 aliphatic carbocycles. The largest absolute Gasteiger partial charge is 0.478 e. The molecule has 0 aromatic carbocycles. The molecule has 0 aliphatic heterocycles. The summed E-state index contributed by atoms with van der Waals surface area (Å²) in [6.07, 6.45) is 7.08. The van der Waals surface area contributed by atoms with Crippen molar-refractivity contribution in [3.8, 4) is 5.88 Å². The van der Waals surface area contributed by atoms with Crippen LogP contribution in [0.25, 0.3) is 0 Å². The van der Waals surface area contributed by atoms with Crippen molar-refractivity contribution in [2.75, 3.05) is 13.2 Å². The Morgan fingerprint density at radius 2 is 1.83 bits per heavy atom. The summed E-state index contributed by atoms with van der Waals surface area (Å²) in [5.41, 5.74) is 0. The number of carbonyl (C=O) groups is 1. The highest BCUT2D eigenvalue weighted by Crippen LogP contribution is 2.07. The van der Waals surface area contributed by atoms with Gasteiger partial charge in [0.05, 0.1) is 13.2 Å². The number of rotatable bonds is 9. The molecule has 0 fully saturated rings. The average Bonchev–Trinajstić information content (AvgIpc) is 2.37. The van der Waals surface area contributed by atoms with Crippen LogP contribution in [0, 0.1) is 0 Å². The molecule has 4 heteroatoms. The molecule has 0 saturated carbocycles. The number of aromatic nitrogens is 1. The van der Waals surface area contributed by atoms with Crippen molar-refractivity contribution in [3.63, 3.8) is 0 Å². The first-order valence-electron chi connectivity index (χ1n) is 6.46. The van der Waals surface area contributed by atoms with Crippen molar-refractivity contribution in [1.82, 2.24) is 4.98 Å². The van der Waals surface area contributed by atoms with Gasteiger partial charge in [0.15, 0.2) is 0 Å². The van der Waals surface area contributed by atoms with Crippen LogP contribution in [0.5, 0.6) is 5.88 Å². The highest BCUT2D eigenvalue weighted by Gasteiger charge is 1.95. The minimum atomic E-state index is -0.196. The minimum Gasteiger partial charge on any atom is -0.478 e. The Hall–Kier alpha value is -1.58. The highest BCUT2D eigenvalue weighted by molar-refractivity contribution is 5.65. The van der Waals surface area contributed by atoms with Crippen LogP contribution in [-0.2, 0) is 9.53 Å². The zero-order chi connectivity index (χ0) is 13.1. The lowest BCUT2D eigenvalue weighted by Crippen LogP contribution is -2.01. The number of pyridine rings is 1. The van der Waals surface area contributed by atoms with Crippen molar-refractivity contribution in [2.24, 2.45) is 0 Å². The predicted molar refractivity (Wildman–Crippen MR) is 69.5 cm³/mol. The molecule has 18 heavy (non-hydrogen) atoms. The first-order valence-corrected chi connectivity index (χ1v) is 6.46. The lowest BCUT2D eigenvalue weighted by Gasteiger charge is -2.05. The van der Waals surface area contributed by atoms with Crippen molar-refractivity contribution in [1.29, 1.82) is 0 Å². The van der Waals surface area contributed by atoms with Crippen molar-refractivity contribution in [3.05, 3.63) is 24.4 Å². The number of unbranched alkanes of at least 4 members (excludes halogenated alkanes) is 4. The Balaban J connectivity index is 1.86. The minimum absolute atomic E-state index is 0.196. The summed E-state index contributed by atoms with van der Waals surface area (Å²) in [6, 6.07) is 5.65. The van der Waals surface area contributed by atoms with Gasteiger partial charge in [-0.05, 0) is 18.9 Å². The smallest absolute Gasteiger partial charge is 0.302 e. The van der Waals surface area contributed by atoms with Gasteiger partial charge in [-0.25, -0.2) is 4.98 Å². The Labute approximate surface area is 108 Å². The molecule has 0 spiro atoms. The zero-order valence-corrected chi connectivity index (χ0v) is 10.9. The van der Waals surface area contributed by atoms with Gasteiger partial charge in [0, 0.05) is 19.2 Å². The third-order valence-corrected chi connectivity index (χ3v) is 2.48. The topological polar surface area (TPSA) is 48.4 Å². The van der Waals surface area contributed by atoms with E-state index in [1.165, 1.54) is 6.92 Å². The molecule has 1 aromatic rings. The monoisotopic (exact) mass is 251 g/mol. The van der Waals surface area contributed by atoms with Crippen molar-refractivity contribution in [2.45, 2.75) is 39.0 Å². The second-order valence-electron chi connectivity index (χ2n) is 4.12. The Morgan fingerprint density at radius 3 is 2.50 bits per heavy atom. The highest BCUT2D eigenvalue weighted by atomic mass is 16.5. The molecule has 1 rings (SSSR count). The van der Waals surface area contributed by atoms with Gasteiger partial charge in [0.2, 0.25) is 5.88 Å². The van der Waals surface area contributed by atoms with E-state index in [4.69, 9.17) is 9.47 Å². The number of carbonyl (C=O) groups excluding carboxylic acids is 1. The number of esters is 1. The molecular formula is C14H21NO3. The quantitative estimate of drug-likeness (QED) is 0.500. The summed E-state index contributed by atoms with van der Waals surface area (Å²) >= 11 is 0. The van der Waals surface area contributed by atoms with Gasteiger partial charge in [-0.2, -0.15) is 0 Å². The third kappa shape index (κ3) is 7.65. The Kier molecular flexibility index (Phi) is 7.60. The van der Waals surface area contributed by atoms with Crippen LogP contribution in [0.1, 0.15) is 39.0 Å². The third-order valence-electron chi connectivity index (χ3n) is 2.48. The molecule has 1 heterocycles. The summed E-state index contributed by atoms with van der Waals surface area (Å²) < 4.78 is 10.3. The van der Waals surface area contributed by atoms with Crippen LogP contribution in [0.2, 0.25) is 0 Å². The van der Waals surface area contributed by atoms with Gasteiger partial charge in [-0.1, -0.05) is 25.3 Å². The van der Waals surface area contributed by atoms with E-state index in [0.717, 1.165) is 32.1 Å². The molecule has 0 saturated heterocycles. The fourth-order valence-electron chi connectivity index (χ4n) is 1.56. The van der Waals surface area contributed by atoms with E-state index >= 15 is 0 Å². The number of hydrogen-bond acceptors (Lipinski definition) is 4. The summed E-state index contributed by atoms with van der Waals surface area (Å²) in [5, 5.41) is 0. The average molecular weight is 251 g/mol. The lowest BCUT2D eigenvalue weighted by atomic mass is 10.1. The lowest BCUT2D eigenvalue weighted by molar-refractivity contribution is -0.141.